The van der Waals surface area contributed by atoms with Crippen molar-refractivity contribution in [2.45, 2.75) is 38.8 Å². The Labute approximate surface area is 120 Å². The fraction of sp³-hybridized carbons (Fsp3) is 0.333. The lowest BCUT2D eigenvalue weighted by Crippen LogP contribution is -2.12. The second kappa shape index (κ2) is 5.29. The monoisotopic (exact) mass is 267 g/mol. The molecule has 1 saturated carbocycles. The van der Waals surface area contributed by atoms with Crippen LogP contribution in [-0.4, -0.2) is 6.10 Å². The first-order valence-electron chi connectivity index (χ1n) is 7.23. The van der Waals surface area contributed by atoms with Crippen LogP contribution in [0.5, 0.6) is 5.75 Å². The summed E-state index contributed by atoms with van der Waals surface area (Å²) in [5.74, 6) is 0.935. The van der Waals surface area contributed by atoms with Crippen LogP contribution in [0.1, 0.15) is 41.1 Å². The molecule has 1 atom stereocenters. The van der Waals surface area contributed by atoms with Crippen LogP contribution < -0.4 is 10.5 Å². The third-order valence-corrected chi connectivity index (χ3v) is 3.93. The van der Waals surface area contributed by atoms with E-state index >= 15 is 0 Å². The van der Waals surface area contributed by atoms with Gasteiger partial charge in [0.15, 0.2) is 0 Å². The molecule has 2 heteroatoms. The number of hydrogen-bond acceptors (Lipinski definition) is 2. The molecule has 1 unspecified atom stereocenters. The summed E-state index contributed by atoms with van der Waals surface area (Å²) < 4.78 is 5.84. The van der Waals surface area contributed by atoms with Crippen molar-refractivity contribution in [2.24, 2.45) is 5.73 Å². The first-order valence-corrected chi connectivity index (χ1v) is 7.23. The molecule has 0 spiro atoms. The maximum Gasteiger partial charge on any atom is 0.120 e. The van der Waals surface area contributed by atoms with Gasteiger partial charge in [0, 0.05) is 0 Å². The maximum atomic E-state index is 6.40. The Balaban J connectivity index is 1.84. The van der Waals surface area contributed by atoms with E-state index in [2.05, 4.69) is 44.2 Å². The van der Waals surface area contributed by atoms with Gasteiger partial charge in [0.1, 0.15) is 5.75 Å². The maximum absolute atomic E-state index is 6.40. The van der Waals surface area contributed by atoms with Gasteiger partial charge in [-0.15, -0.1) is 0 Å². The normalized spacial score (nSPS) is 15.9. The fourth-order valence-corrected chi connectivity index (χ4v) is 2.31. The molecule has 20 heavy (non-hydrogen) atoms. The summed E-state index contributed by atoms with van der Waals surface area (Å²) in [7, 11) is 0. The lowest BCUT2D eigenvalue weighted by Gasteiger charge is -2.15. The molecule has 0 amide bonds. The summed E-state index contributed by atoms with van der Waals surface area (Å²) in [5.41, 5.74) is 11.2. The van der Waals surface area contributed by atoms with Gasteiger partial charge >= 0.3 is 0 Å². The lowest BCUT2D eigenvalue weighted by atomic mass is 9.96. The van der Waals surface area contributed by atoms with E-state index in [4.69, 9.17) is 10.5 Å². The van der Waals surface area contributed by atoms with Crippen LogP contribution >= 0.6 is 0 Å². The molecule has 0 bridgehead atoms. The summed E-state index contributed by atoms with van der Waals surface area (Å²) in [6.45, 7) is 4.24. The average Bonchev–Trinajstić information content (AvgIpc) is 3.25. The third-order valence-electron chi connectivity index (χ3n) is 3.93. The minimum atomic E-state index is -0.1000. The van der Waals surface area contributed by atoms with Crippen LogP contribution in [0.15, 0.2) is 42.5 Å². The second-order valence-corrected chi connectivity index (χ2v) is 5.71. The molecule has 1 aliphatic rings. The highest BCUT2D eigenvalue weighted by molar-refractivity contribution is 5.39. The average molecular weight is 267 g/mol. The number of rotatable bonds is 4. The number of aryl methyl sites for hydroxylation is 2. The number of nitrogens with two attached hydrogens (primary N) is 1. The standard InChI is InChI=1S/C18H21NO/c1-12-6-7-15(10-13(12)2)18(19)14-4-3-5-17(11-14)20-16-8-9-16/h3-7,10-11,16,18H,8-9,19H2,1-2H3. The Morgan fingerprint density at radius 1 is 1.00 bits per heavy atom. The summed E-state index contributed by atoms with van der Waals surface area (Å²) in [5, 5.41) is 0. The van der Waals surface area contributed by atoms with Gasteiger partial charge in [0.25, 0.3) is 0 Å². The number of hydrogen-bond donors (Lipinski definition) is 1. The predicted octanol–water partition coefficient (Wildman–Crippen LogP) is 3.89. The molecule has 1 aliphatic carbocycles. The Hall–Kier alpha value is -1.80. The molecular formula is C18H21NO. The highest BCUT2D eigenvalue weighted by Gasteiger charge is 2.23. The van der Waals surface area contributed by atoms with Gasteiger partial charge in [0.2, 0.25) is 0 Å². The fourth-order valence-electron chi connectivity index (χ4n) is 2.31. The zero-order valence-corrected chi connectivity index (χ0v) is 12.1. The van der Waals surface area contributed by atoms with E-state index in [0.717, 1.165) is 16.9 Å². The van der Waals surface area contributed by atoms with E-state index in [1.165, 1.54) is 24.0 Å². The van der Waals surface area contributed by atoms with Crippen LogP contribution in [-0.2, 0) is 0 Å². The molecule has 3 rings (SSSR count). The van der Waals surface area contributed by atoms with Gasteiger partial charge in [-0.2, -0.15) is 0 Å². The third kappa shape index (κ3) is 2.86. The molecule has 2 N–H and O–H groups in total. The lowest BCUT2D eigenvalue weighted by molar-refractivity contribution is 0.303. The van der Waals surface area contributed by atoms with Crippen LogP contribution in [0, 0.1) is 13.8 Å². The molecule has 1 fully saturated rings. The number of benzene rings is 2. The molecule has 2 aromatic carbocycles. The van der Waals surface area contributed by atoms with E-state index in [1.807, 2.05) is 12.1 Å². The molecule has 0 heterocycles. The zero-order valence-electron chi connectivity index (χ0n) is 12.1. The smallest absolute Gasteiger partial charge is 0.120 e. The van der Waals surface area contributed by atoms with E-state index < -0.39 is 0 Å². The van der Waals surface area contributed by atoms with E-state index in [1.54, 1.807) is 0 Å². The summed E-state index contributed by atoms with van der Waals surface area (Å²) in [6.07, 6.45) is 2.77. The van der Waals surface area contributed by atoms with Crippen molar-refractivity contribution in [3.8, 4) is 5.75 Å². The summed E-state index contributed by atoms with van der Waals surface area (Å²) in [4.78, 5) is 0. The van der Waals surface area contributed by atoms with Gasteiger partial charge < -0.3 is 10.5 Å². The Bertz CT molecular complexity index is 617. The number of ether oxygens (including phenoxy) is 1. The minimum Gasteiger partial charge on any atom is -0.490 e. The zero-order chi connectivity index (χ0) is 14.1. The summed E-state index contributed by atoms with van der Waals surface area (Å²) in [6, 6.07) is 14.5. The Kier molecular flexibility index (Phi) is 3.49. The van der Waals surface area contributed by atoms with Crippen molar-refractivity contribution in [1.82, 2.24) is 0 Å². The van der Waals surface area contributed by atoms with Crippen LogP contribution in [0.2, 0.25) is 0 Å². The molecule has 0 radical (unpaired) electrons. The molecular weight excluding hydrogens is 246 g/mol. The minimum absolute atomic E-state index is 0.1000. The van der Waals surface area contributed by atoms with Gasteiger partial charge in [0.05, 0.1) is 12.1 Å². The quantitative estimate of drug-likeness (QED) is 0.912. The second-order valence-electron chi connectivity index (χ2n) is 5.71. The van der Waals surface area contributed by atoms with Crippen molar-refractivity contribution >= 4 is 0 Å². The van der Waals surface area contributed by atoms with Crippen molar-refractivity contribution in [2.75, 3.05) is 0 Å². The molecule has 0 aliphatic heterocycles. The molecule has 104 valence electrons. The van der Waals surface area contributed by atoms with Crippen LogP contribution in [0.4, 0.5) is 0 Å². The van der Waals surface area contributed by atoms with E-state index in [9.17, 15) is 0 Å². The predicted molar refractivity (Wildman–Crippen MR) is 82.0 cm³/mol. The Morgan fingerprint density at radius 3 is 2.45 bits per heavy atom. The first kappa shape index (κ1) is 13.2. The summed E-state index contributed by atoms with van der Waals surface area (Å²) >= 11 is 0. The molecule has 0 saturated heterocycles. The van der Waals surface area contributed by atoms with E-state index in [-0.39, 0.29) is 6.04 Å². The van der Waals surface area contributed by atoms with Crippen molar-refractivity contribution in [3.05, 3.63) is 64.7 Å². The van der Waals surface area contributed by atoms with Gasteiger partial charge in [-0.1, -0.05) is 30.3 Å². The van der Waals surface area contributed by atoms with Crippen LogP contribution in [0.3, 0.4) is 0 Å². The van der Waals surface area contributed by atoms with Crippen molar-refractivity contribution < 1.29 is 4.74 Å². The topological polar surface area (TPSA) is 35.2 Å². The van der Waals surface area contributed by atoms with Crippen molar-refractivity contribution in [1.29, 1.82) is 0 Å². The molecule has 2 aromatic rings. The largest absolute Gasteiger partial charge is 0.490 e. The Morgan fingerprint density at radius 2 is 1.75 bits per heavy atom. The highest BCUT2D eigenvalue weighted by Crippen LogP contribution is 2.29. The van der Waals surface area contributed by atoms with Gasteiger partial charge in [-0.3, -0.25) is 0 Å². The van der Waals surface area contributed by atoms with Crippen LogP contribution in [0.25, 0.3) is 0 Å². The van der Waals surface area contributed by atoms with E-state index in [0.29, 0.717) is 6.10 Å². The highest BCUT2D eigenvalue weighted by atomic mass is 16.5. The first-order chi connectivity index (χ1) is 9.63. The molecule has 0 aromatic heterocycles. The SMILES string of the molecule is Cc1ccc(C(N)c2cccc(OC3CC3)c2)cc1C. The van der Waals surface area contributed by atoms with Gasteiger partial charge in [-0.25, -0.2) is 0 Å². The molecule has 2 nitrogen and oxygen atoms in total. The van der Waals surface area contributed by atoms with Gasteiger partial charge in [-0.05, 0) is 61.1 Å². The van der Waals surface area contributed by atoms with Crippen molar-refractivity contribution in [3.63, 3.8) is 0 Å².